The van der Waals surface area contributed by atoms with Gasteiger partial charge in [-0.25, -0.2) is 8.42 Å². The fourth-order valence-electron chi connectivity index (χ4n) is 2.92. The van der Waals surface area contributed by atoms with Crippen LogP contribution in [0.4, 0.5) is 0 Å². The highest BCUT2D eigenvalue weighted by molar-refractivity contribution is 7.89. The lowest BCUT2D eigenvalue weighted by atomic mass is 9.81. The molecule has 0 radical (unpaired) electrons. The number of piperidine rings is 1. The molecule has 0 aliphatic carbocycles. The summed E-state index contributed by atoms with van der Waals surface area (Å²) >= 11 is 0. The second-order valence-corrected chi connectivity index (χ2v) is 8.41. The maximum absolute atomic E-state index is 13.0. The van der Waals surface area contributed by atoms with Crippen molar-refractivity contribution < 1.29 is 17.9 Å². The molecule has 0 aromatic heterocycles. The zero-order valence-electron chi connectivity index (χ0n) is 13.3. The minimum atomic E-state index is -3.63. The Morgan fingerprint density at radius 2 is 1.96 bits per heavy atom. The first-order valence-corrected chi connectivity index (χ1v) is 8.91. The Morgan fingerprint density at radius 1 is 1.26 bits per heavy atom. The van der Waals surface area contributed by atoms with E-state index < -0.39 is 10.0 Å². The third-order valence-electron chi connectivity index (χ3n) is 4.43. The standard InChI is InChI=1S/C15H22N2O4S.ClH/c1-15(2)10-17(7-6-13(15)16)22(18,19)12-5-3-4-11-14(12)21-9-8-20-11;/h3-5,13H,6-10,16H2,1-2H3;1H. The second kappa shape index (κ2) is 6.47. The van der Waals surface area contributed by atoms with Crippen molar-refractivity contribution in [3.63, 3.8) is 0 Å². The van der Waals surface area contributed by atoms with Crippen LogP contribution >= 0.6 is 12.4 Å². The van der Waals surface area contributed by atoms with Gasteiger partial charge in [0.15, 0.2) is 11.5 Å². The predicted octanol–water partition coefficient (Wildman–Crippen LogP) is 1.63. The van der Waals surface area contributed by atoms with Crippen molar-refractivity contribution in [3.05, 3.63) is 18.2 Å². The Labute approximate surface area is 143 Å². The van der Waals surface area contributed by atoms with Crippen LogP contribution < -0.4 is 15.2 Å². The smallest absolute Gasteiger partial charge is 0.246 e. The maximum Gasteiger partial charge on any atom is 0.246 e. The molecule has 3 rings (SSSR count). The Hall–Kier alpha value is -1.02. The predicted molar refractivity (Wildman–Crippen MR) is 89.8 cm³/mol. The van der Waals surface area contributed by atoms with Gasteiger partial charge in [0.25, 0.3) is 0 Å². The summed E-state index contributed by atoms with van der Waals surface area (Å²) in [4.78, 5) is 0.177. The number of benzene rings is 1. The molecule has 23 heavy (non-hydrogen) atoms. The van der Waals surface area contributed by atoms with Gasteiger partial charge in [0.05, 0.1) is 0 Å². The van der Waals surface area contributed by atoms with Crippen molar-refractivity contribution >= 4 is 22.4 Å². The van der Waals surface area contributed by atoms with Crippen LogP contribution in [-0.2, 0) is 10.0 Å². The molecule has 1 aromatic carbocycles. The molecule has 2 aliphatic rings. The van der Waals surface area contributed by atoms with Crippen LogP contribution in [0, 0.1) is 5.41 Å². The van der Waals surface area contributed by atoms with E-state index in [0.29, 0.717) is 44.2 Å². The second-order valence-electron chi connectivity index (χ2n) is 6.50. The highest BCUT2D eigenvalue weighted by Gasteiger charge is 2.40. The Morgan fingerprint density at radius 3 is 2.65 bits per heavy atom. The van der Waals surface area contributed by atoms with Crippen LogP contribution in [0.2, 0.25) is 0 Å². The third kappa shape index (κ3) is 3.28. The summed E-state index contributed by atoms with van der Waals surface area (Å²) in [5, 5.41) is 0. The number of sulfonamides is 1. The van der Waals surface area contributed by atoms with Crippen LogP contribution in [0.25, 0.3) is 0 Å². The van der Waals surface area contributed by atoms with Gasteiger partial charge in [-0.1, -0.05) is 19.9 Å². The summed E-state index contributed by atoms with van der Waals surface area (Å²) in [7, 11) is -3.63. The zero-order chi connectivity index (χ0) is 16.0. The Balaban J connectivity index is 0.00000192. The van der Waals surface area contributed by atoms with Crippen molar-refractivity contribution in [3.8, 4) is 11.5 Å². The summed E-state index contributed by atoms with van der Waals surface area (Å²) in [5.74, 6) is 0.807. The van der Waals surface area contributed by atoms with Crippen LogP contribution in [0.15, 0.2) is 23.1 Å². The molecule has 0 spiro atoms. The minimum Gasteiger partial charge on any atom is -0.486 e. The lowest BCUT2D eigenvalue weighted by molar-refractivity contribution is 0.152. The van der Waals surface area contributed by atoms with E-state index in [1.807, 2.05) is 13.8 Å². The fourth-order valence-corrected chi connectivity index (χ4v) is 4.69. The van der Waals surface area contributed by atoms with E-state index in [-0.39, 0.29) is 28.8 Å². The normalized spacial score (nSPS) is 23.9. The molecule has 2 heterocycles. The molecule has 2 aliphatic heterocycles. The largest absolute Gasteiger partial charge is 0.486 e. The molecule has 6 nitrogen and oxygen atoms in total. The topological polar surface area (TPSA) is 81.9 Å². The zero-order valence-corrected chi connectivity index (χ0v) is 15.0. The summed E-state index contributed by atoms with van der Waals surface area (Å²) in [6, 6.07) is 4.98. The Kier molecular flexibility index (Phi) is 5.15. The molecule has 130 valence electrons. The SMILES string of the molecule is CC1(C)CN(S(=O)(=O)c2cccc3c2OCCO3)CCC1N.Cl. The number of ether oxygens (including phenoxy) is 2. The van der Waals surface area contributed by atoms with Crippen molar-refractivity contribution in [1.29, 1.82) is 0 Å². The van der Waals surface area contributed by atoms with Crippen molar-refractivity contribution in [2.45, 2.75) is 31.2 Å². The van der Waals surface area contributed by atoms with E-state index in [4.69, 9.17) is 15.2 Å². The maximum atomic E-state index is 13.0. The quantitative estimate of drug-likeness (QED) is 0.864. The molecule has 1 atom stereocenters. The fraction of sp³-hybridized carbons (Fsp3) is 0.600. The number of hydrogen-bond acceptors (Lipinski definition) is 5. The number of hydrogen-bond donors (Lipinski definition) is 1. The highest BCUT2D eigenvalue weighted by Crippen LogP contribution is 2.39. The number of rotatable bonds is 2. The van der Waals surface area contributed by atoms with Gasteiger partial charge >= 0.3 is 0 Å². The van der Waals surface area contributed by atoms with Gasteiger partial charge < -0.3 is 15.2 Å². The van der Waals surface area contributed by atoms with E-state index in [1.165, 1.54) is 4.31 Å². The molecule has 2 N–H and O–H groups in total. The molecule has 8 heteroatoms. The van der Waals surface area contributed by atoms with Crippen molar-refractivity contribution in [2.24, 2.45) is 11.1 Å². The van der Waals surface area contributed by atoms with Gasteiger partial charge in [-0.2, -0.15) is 4.31 Å². The first-order chi connectivity index (χ1) is 10.3. The molecular formula is C15H23ClN2O4S. The summed E-state index contributed by atoms with van der Waals surface area (Å²) in [6.45, 7) is 5.62. The highest BCUT2D eigenvalue weighted by atomic mass is 35.5. The van der Waals surface area contributed by atoms with E-state index in [0.717, 1.165) is 0 Å². The number of halogens is 1. The number of fused-ring (bicyclic) bond motifs is 1. The minimum absolute atomic E-state index is 0. The molecular weight excluding hydrogens is 340 g/mol. The van der Waals surface area contributed by atoms with Crippen LogP contribution in [0.3, 0.4) is 0 Å². The van der Waals surface area contributed by atoms with Gasteiger partial charge in [-0.15, -0.1) is 12.4 Å². The molecule has 0 bridgehead atoms. The Bertz CT molecular complexity index is 678. The number of para-hydroxylation sites is 1. The summed E-state index contributed by atoms with van der Waals surface area (Å²) < 4.78 is 38.5. The number of nitrogens with two attached hydrogens (primary N) is 1. The summed E-state index contributed by atoms with van der Waals surface area (Å²) in [5.41, 5.74) is 5.85. The van der Waals surface area contributed by atoms with Crippen LogP contribution in [0.5, 0.6) is 11.5 Å². The van der Waals surface area contributed by atoms with E-state index >= 15 is 0 Å². The first kappa shape index (κ1) is 18.3. The lowest BCUT2D eigenvalue weighted by Crippen LogP contribution is -2.53. The van der Waals surface area contributed by atoms with E-state index in [2.05, 4.69) is 0 Å². The third-order valence-corrected chi connectivity index (χ3v) is 6.29. The summed E-state index contributed by atoms with van der Waals surface area (Å²) in [6.07, 6.45) is 0.651. The molecule has 1 fully saturated rings. The van der Waals surface area contributed by atoms with Gasteiger partial charge in [-0.05, 0) is 24.0 Å². The molecule has 0 saturated carbocycles. The lowest BCUT2D eigenvalue weighted by Gasteiger charge is -2.42. The van der Waals surface area contributed by atoms with Crippen molar-refractivity contribution in [2.75, 3.05) is 26.3 Å². The van der Waals surface area contributed by atoms with Crippen molar-refractivity contribution in [1.82, 2.24) is 4.31 Å². The van der Waals surface area contributed by atoms with E-state index in [1.54, 1.807) is 18.2 Å². The van der Waals surface area contributed by atoms with Gasteiger partial charge in [-0.3, -0.25) is 0 Å². The van der Waals surface area contributed by atoms with Crippen LogP contribution in [0.1, 0.15) is 20.3 Å². The van der Waals surface area contributed by atoms with Gasteiger partial charge in [0.1, 0.15) is 18.1 Å². The average Bonchev–Trinajstić information content (AvgIpc) is 2.49. The van der Waals surface area contributed by atoms with Gasteiger partial charge in [0.2, 0.25) is 10.0 Å². The van der Waals surface area contributed by atoms with Gasteiger partial charge in [0, 0.05) is 19.1 Å². The number of nitrogens with zero attached hydrogens (tertiary/aromatic N) is 1. The molecule has 1 saturated heterocycles. The molecule has 0 amide bonds. The monoisotopic (exact) mass is 362 g/mol. The first-order valence-electron chi connectivity index (χ1n) is 7.47. The van der Waals surface area contributed by atoms with Crippen LogP contribution in [-0.4, -0.2) is 45.1 Å². The van der Waals surface area contributed by atoms with E-state index in [9.17, 15) is 8.42 Å². The average molecular weight is 363 g/mol. The molecule has 1 aromatic rings. The molecule has 1 unspecified atom stereocenters.